The van der Waals surface area contributed by atoms with Crippen LogP contribution >= 0.6 is 46.1 Å². The first kappa shape index (κ1) is 15.1. The van der Waals surface area contributed by atoms with E-state index in [2.05, 4.69) is 18.3 Å². The topological polar surface area (TPSA) is 12.0 Å². The molecular formula is C14H14Cl3NS. The molecule has 0 saturated carbocycles. The molecule has 1 nitrogen and oxygen atoms in total. The number of likely N-dealkylation sites (N-methyl/N-ethyl adjacent to an activating group) is 1. The normalized spacial score (nSPS) is 12.6. The fourth-order valence-electron chi connectivity index (χ4n) is 1.95. The molecule has 2 aromatic rings. The van der Waals surface area contributed by atoms with E-state index in [1.165, 1.54) is 4.88 Å². The Kier molecular flexibility index (Phi) is 5.55. The standard InChI is InChI=1S/C14H14Cl3NS/c1-2-18-12(13-5-6-14(17)19-13)8-9-7-10(15)3-4-11(9)16/h3-7,12,18H,2,8H2,1H3. The number of rotatable bonds is 5. The Hall–Kier alpha value is -0.250. The van der Waals surface area contributed by atoms with E-state index in [-0.39, 0.29) is 6.04 Å². The minimum Gasteiger partial charge on any atom is -0.309 e. The number of hydrogen-bond acceptors (Lipinski definition) is 2. The minimum atomic E-state index is 0.207. The van der Waals surface area contributed by atoms with Crippen LogP contribution < -0.4 is 5.32 Å². The third-order valence-electron chi connectivity index (χ3n) is 2.82. The van der Waals surface area contributed by atoms with Gasteiger partial charge in [0.2, 0.25) is 0 Å². The molecular weight excluding hydrogens is 321 g/mol. The van der Waals surface area contributed by atoms with Gasteiger partial charge < -0.3 is 5.32 Å². The first-order valence-corrected chi connectivity index (χ1v) is 7.97. The van der Waals surface area contributed by atoms with Crippen LogP contribution in [0.15, 0.2) is 30.3 Å². The van der Waals surface area contributed by atoms with Crippen LogP contribution in [-0.2, 0) is 6.42 Å². The summed E-state index contributed by atoms with van der Waals surface area (Å²) in [4.78, 5) is 1.21. The van der Waals surface area contributed by atoms with E-state index in [1.54, 1.807) is 17.4 Å². The number of nitrogens with one attached hydrogen (secondary N) is 1. The molecule has 0 bridgehead atoms. The maximum absolute atomic E-state index is 6.22. The van der Waals surface area contributed by atoms with Gasteiger partial charge in [0.05, 0.1) is 4.34 Å². The first-order valence-electron chi connectivity index (χ1n) is 6.02. The summed E-state index contributed by atoms with van der Waals surface area (Å²) in [6.07, 6.45) is 0.796. The largest absolute Gasteiger partial charge is 0.309 e. The van der Waals surface area contributed by atoms with E-state index in [1.807, 2.05) is 18.2 Å². The SMILES string of the molecule is CCNC(Cc1cc(Cl)ccc1Cl)c1ccc(Cl)s1. The summed E-state index contributed by atoms with van der Waals surface area (Å²) in [6.45, 7) is 2.97. The molecule has 2 rings (SSSR count). The lowest BCUT2D eigenvalue weighted by atomic mass is 10.0. The molecule has 1 heterocycles. The Morgan fingerprint density at radius 2 is 1.95 bits per heavy atom. The number of halogens is 3. The third kappa shape index (κ3) is 4.11. The van der Waals surface area contributed by atoms with Crippen LogP contribution in [0.4, 0.5) is 0 Å². The second-order valence-electron chi connectivity index (χ2n) is 4.19. The molecule has 1 atom stereocenters. The Labute approximate surface area is 132 Å². The molecule has 1 N–H and O–H groups in total. The molecule has 0 aliphatic heterocycles. The number of hydrogen-bond donors (Lipinski definition) is 1. The van der Waals surface area contributed by atoms with E-state index in [9.17, 15) is 0 Å². The molecule has 0 spiro atoms. The van der Waals surface area contributed by atoms with Crippen LogP contribution in [0.5, 0.6) is 0 Å². The van der Waals surface area contributed by atoms with Crippen LogP contribution in [0.2, 0.25) is 14.4 Å². The number of thiophene rings is 1. The molecule has 0 fully saturated rings. The summed E-state index contributed by atoms with van der Waals surface area (Å²) in [5, 5.41) is 4.91. The zero-order chi connectivity index (χ0) is 13.8. The smallest absolute Gasteiger partial charge is 0.0931 e. The van der Waals surface area contributed by atoms with Crippen molar-refractivity contribution in [3.63, 3.8) is 0 Å². The second kappa shape index (κ2) is 6.96. The van der Waals surface area contributed by atoms with Gasteiger partial charge in [0, 0.05) is 21.0 Å². The predicted octanol–water partition coefficient (Wildman–Crippen LogP) is 5.60. The van der Waals surface area contributed by atoms with Crippen molar-refractivity contribution in [3.8, 4) is 0 Å². The zero-order valence-corrected chi connectivity index (χ0v) is 13.5. The van der Waals surface area contributed by atoms with Gasteiger partial charge in [0.15, 0.2) is 0 Å². The monoisotopic (exact) mass is 333 g/mol. The molecule has 0 saturated heterocycles. The van der Waals surface area contributed by atoms with Crippen LogP contribution in [0, 0.1) is 0 Å². The van der Waals surface area contributed by atoms with Gasteiger partial charge in [-0.05, 0) is 48.9 Å². The van der Waals surface area contributed by atoms with Gasteiger partial charge in [-0.2, -0.15) is 0 Å². The highest BCUT2D eigenvalue weighted by atomic mass is 35.5. The Morgan fingerprint density at radius 3 is 2.58 bits per heavy atom. The van der Waals surface area contributed by atoms with Crippen LogP contribution in [0.1, 0.15) is 23.4 Å². The quantitative estimate of drug-likeness (QED) is 0.750. The minimum absolute atomic E-state index is 0.207. The fraction of sp³-hybridized carbons (Fsp3) is 0.286. The Morgan fingerprint density at radius 1 is 1.16 bits per heavy atom. The van der Waals surface area contributed by atoms with Crippen molar-refractivity contribution in [1.82, 2.24) is 5.32 Å². The van der Waals surface area contributed by atoms with E-state index in [0.717, 1.165) is 27.9 Å². The van der Waals surface area contributed by atoms with Crippen molar-refractivity contribution in [2.24, 2.45) is 0 Å². The Balaban J connectivity index is 2.23. The third-order valence-corrected chi connectivity index (χ3v) is 4.77. The van der Waals surface area contributed by atoms with Crippen molar-refractivity contribution in [2.45, 2.75) is 19.4 Å². The summed E-state index contributed by atoms with van der Waals surface area (Å²) >= 11 is 19.9. The highest BCUT2D eigenvalue weighted by molar-refractivity contribution is 7.16. The van der Waals surface area contributed by atoms with Gasteiger partial charge >= 0.3 is 0 Å². The van der Waals surface area contributed by atoms with Gasteiger partial charge in [-0.1, -0.05) is 41.7 Å². The van der Waals surface area contributed by atoms with E-state index in [0.29, 0.717) is 5.02 Å². The van der Waals surface area contributed by atoms with E-state index in [4.69, 9.17) is 34.8 Å². The zero-order valence-electron chi connectivity index (χ0n) is 10.4. The summed E-state index contributed by atoms with van der Waals surface area (Å²) in [5.74, 6) is 0. The molecule has 0 aliphatic carbocycles. The lowest BCUT2D eigenvalue weighted by Crippen LogP contribution is -2.22. The van der Waals surface area contributed by atoms with Crippen LogP contribution in [-0.4, -0.2) is 6.54 Å². The molecule has 0 radical (unpaired) electrons. The van der Waals surface area contributed by atoms with Gasteiger partial charge in [-0.15, -0.1) is 11.3 Å². The van der Waals surface area contributed by atoms with Crippen molar-refractivity contribution in [3.05, 3.63) is 55.2 Å². The molecule has 19 heavy (non-hydrogen) atoms. The van der Waals surface area contributed by atoms with E-state index < -0.39 is 0 Å². The lowest BCUT2D eigenvalue weighted by Gasteiger charge is -2.17. The van der Waals surface area contributed by atoms with Crippen LogP contribution in [0.25, 0.3) is 0 Å². The second-order valence-corrected chi connectivity index (χ2v) is 6.78. The molecule has 0 aliphatic rings. The van der Waals surface area contributed by atoms with Gasteiger partial charge in [0.1, 0.15) is 0 Å². The van der Waals surface area contributed by atoms with Gasteiger partial charge in [0.25, 0.3) is 0 Å². The molecule has 5 heteroatoms. The van der Waals surface area contributed by atoms with Crippen molar-refractivity contribution in [1.29, 1.82) is 0 Å². The summed E-state index contributed by atoms with van der Waals surface area (Å²) in [5.41, 5.74) is 1.05. The molecule has 1 aromatic heterocycles. The maximum Gasteiger partial charge on any atom is 0.0931 e. The molecule has 1 aromatic carbocycles. The predicted molar refractivity (Wildman–Crippen MR) is 85.9 cm³/mol. The van der Waals surface area contributed by atoms with E-state index >= 15 is 0 Å². The molecule has 0 amide bonds. The fourth-order valence-corrected chi connectivity index (χ4v) is 3.48. The van der Waals surface area contributed by atoms with Gasteiger partial charge in [-0.25, -0.2) is 0 Å². The summed E-state index contributed by atoms with van der Waals surface area (Å²) in [7, 11) is 0. The molecule has 102 valence electrons. The highest BCUT2D eigenvalue weighted by Crippen LogP contribution is 2.31. The average molecular weight is 335 g/mol. The first-order chi connectivity index (χ1) is 9.10. The van der Waals surface area contributed by atoms with Gasteiger partial charge in [-0.3, -0.25) is 0 Å². The molecule has 1 unspecified atom stereocenters. The highest BCUT2D eigenvalue weighted by Gasteiger charge is 2.15. The summed E-state index contributed by atoms with van der Waals surface area (Å²) < 4.78 is 0.801. The van der Waals surface area contributed by atoms with Crippen molar-refractivity contribution < 1.29 is 0 Å². The maximum atomic E-state index is 6.22. The Bertz CT molecular complexity index is 553. The van der Waals surface area contributed by atoms with Crippen molar-refractivity contribution in [2.75, 3.05) is 6.54 Å². The average Bonchev–Trinajstić information content (AvgIpc) is 2.80. The lowest BCUT2D eigenvalue weighted by molar-refractivity contribution is 0.558. The van der Waals surface area contributed by atoms with Crippen LogP contribution in [0.3, 0.4) is 0 Å². The van der Waals surface area contributed by atoms with Crippen molar-refractivity contribution >= 4 is 46.1 Å². The summed E-state index contributed by atoms with van der Waals surface area (Å²) in [6, 6.07) is 9.74. The number of benzene rings is 1.